The highest BCUT2D eigenvalue weighted by atomic mass is 16.6. The minimum Gasteiger partial charge on any atom is -0.410 e. The maximum absolute atomic E-state index is 12.6. The molecule has 0 saturated carbocycles. The van der Waals surface area contributed by atoms with Gasteiger partial charge in [-0.15, -0.1) is 0 Å². The molecule has 0 aliphatic carbocycles. The zero-order valence-corrected chi connectivity index (χ0v) is 14.9. The highest BCUT2D eigenvalue weighted by molar-refractivity contribution is 5.77. The molecule has 22 heavy (non-hydrogen) atoms. The lowest BCUT2D eigenvalue weighted by atomic mass is 9.94. The Balaban J connectivity index is 3.10. The summed E-state index contributed by atoms with van der Waals surface area (Å²) in [4.78, 5) is 14.3. The van der Waals surface area contributed by atoms with Crippen LogP contribution in [-0.2, 0) is 4.74 Å². The van der Waals surface area contributed by atoms with Crippen molar-refractivity contribution in [2.24, 2.45) is 5.41 Å². The van der Waals surface area contributed by atoms with E-state index in [0.717, 1.165) is 5.56 Å². The Bertz CT molecular complexity index is 502. The average molecular weight is 303 g/mol. The molecule has 0 N–H and O–H groups in total. The first kappa shape index (κ1) is 18.3. The standard InChI is InChI=1S/C19H29NO2/c1-14(2)20(15(3)4)18(21)22-17(13-19(5,6)7)16-11-9-8-10-12-16/h8-15H,1-7H3/b17-13-. The van der Waals surface area contributed by atoms with Crippen molar-refractivity contribution in [1.82, 2.24) is 4.90 Å². The van der Waals surface area contributed by atoms with Crippen LogP contribution in [0.2, 0.25) is 0 Å². The van der Waals surface area contributed by atoms with Crippen molar-refractivity contribution in [2.45, 2.75) is 60.5 Å². The van der Waals surface area contributed by atoms with Crippen LogP contribution in [0.4, 0.5) is 4.79 Å². The summed E-state index contributed by atoms with van der Waals surface area (Å²) in [6.07, 6.45) is 1.70. The molecule has 1 aromatic rings. The van der Waals surface area contributed by atoms with Gasteiger partial charge in [0.25, 0.3) is 0 Å². The van der Waals surface area contributed by atoms with Crippen molar-refractivity contribution in [3.63, 3.8) is 0 Å². The lowest BCUT2D eigenvalue weighted by Gasteiger charge is -2.30. The molecule has 3 heteroatoms. The van der Waals surface area contributed by atoms with Gasteiger partial charge in [-0.1, -0.05) is 51.1 Å². The smallest absolute Gasteiger partial charge is 0.410 e. The quantitative estimate of drug-likeness (QED) is 0.704. The molecule has 0 fully saturated rings. The van der Waals surface area contributed by atoms with Gasteiger partial charge >= 0.3 is 6.09 Å². The average Bonchev–Trinajstić information content (AvgIpc) is 2.36. The summed E-state index contributed by atoms with van der Waals surface area (Å²) in [5, 5.41) is 0. The van der Waals surface area contributed by atoms with Gasteiger partial charge in [0.15, 0.2) is 0 Å². The molecule has 122 valence electrons. The van der Waals surface area contributed by atoms with Crippen molar-refractivity contribution >= 4 is 11.9 Å². The predicted molar refractivity (Wildman–Crippen MR) is 92.5 cm³/mol. The van der Waals surface area contributed by atoms with Gasteiger partial charge in [0.1, 0.15) is 5.76 Å². The fourth-order valence-electron chi connectivity index (χ4n) is 2.33. The summed E-state index contributed by atoms with van der Waals surface area (Å²) in [6, 6.07) is 9.96. The number of carbonyl (C=O) groups excluding carboxylic acids is 1. The van der Waals surface area contributed by atoms with Crippen molar-refractivity contribution in [2.75, 3.05) is 0 Å². The van der Waals surface area contributed by atoms with E-state index in [9.17, 15) is 4.79 Å². The van der Waals surface area contributed by atoms with Gasteiger partial charge in [-0.2, -0.15) is 0 Å². The summed E-state index contributed by atoms with van der Waals surface area (Å²) in [6.45, 7) is 14.3. The number of benzene rings is 1. The number of hydrogen-bond donors (Lipinski definition) is 0. The Hall–Kier alpha value is -1.77. The number of hydrogen-bond acceptors (Lipinski definition) is 2. The molecule has 1 aromatic carbocycles. The van der Waals surface area contributed by atoms with E-state index in [1.54, 1.807) is 4.90 Å². The third kappa shape index (κ3) is 5.55. The molecule has 0 aliphatic rings. The molecule has 0 saturated heterocycles. The molecule has 0 radical (unpaired) electrons. The molecular weight excluding hydrogens is 274 g/mol. The number of nitrogens with zero attached hydrogens (tertiary/aromatic N) is 1. The van der Waals surface area contributed by atoms with Crippen LogP contribution in [0.15, 0.2) is 36.4 Å². The van der Waals surface area contributed by atoms with Crippen molar-refractivity contribution in [1.29, 1.82) is 0 Å². The molecule has 0 unspecified atom stereocenters. The summed E-state index contributed by atoms with van der Waals surface area (Å²) >= 11 is 0. The van der Waals surface area contributed by atoms with Crippen LogP contribution < -0.4 is 0 Å². The van der Waals surface area contributed by atoms with Crippen LogP contribution in [0.1, 0.15) is 54.0 Å². The van der Waals surface area contributed by atoms with E-state index in [4.69, 9.17) is 4.74 Å². The van der Waals surface area contributed by atoms with Gasteiger partial charge < -0.3 is 9.64 Å². The second kappa shape index (κ2) is 7.48. The van der Waals surface area contributed by atoms with Gasteiger partial charge in [-0.3, -0.25) is 0 Å². The van der Waals surface area contributed by atoms with Crippen LogP contribution in [0.5, 0.6) is 0 Å². The van der Waals surface area contributed by atoms with Gasteiger partial charge in [0, 0.05) is 17.6 Å². The molecule has 0 aromatic heterocycles. The van der Waals surface area contributed by atoms with E-state index in [0.29, 0.717) is 5.76 Å². The van der Waals surface area contributed by atoms with Crippen LogP contribution in [0.3, 0.4) is 0 Å². The maximum Gasteiger partial charge on any atom is 0.415 e. The highest BCUT2D eigenvalue weighted by Crippen LogP contribution is 2.26. The first-order valence-corrected chi connectivity index (χ1v) is 7.90. The van der Waals surface area contributed by atoms with Crippen LogP contribution in [0, 0.1) is 5.41 Å². The third-order valence-corrected chi connectivity index (χ3v) is 3.14. The first-order chi connectivity index (χ1) is 10.1. The van der Waals surface area contributed by atoms with Gasteiger partial charge in [-0.25, -0.2) is 4.79 Å². The Labute approximate surface area is 135 Å². The van der Waals surface area contributed by atoms with E-state index in [2.05, 4.69) is 20.8 Å². The van der Waals surface area contributed by atoms with Gasteiger partial charge in [-0.05, 0) is 39.2 Å². The molecule has 1 rings (SSSR count). The first-order valence-electron chi connectivity index (χ1n) is 7.90. The fourth-order valence-corrected chi connectivity index (χ4v) is 2.33. The number of amides is 1. The molecule has 3 nitrogen and oxygen atoms in total. The van der Waals surface area contributed by atoms with Crippen molar-refractivity contribution in [3.05, 3.63) is 42.0 Å². The lowest BCUT2D eigenvalue weighted by molar-refractivity contribution is 0.114. The Kier molecular flexibility index (Phi) is 6.21. The van der Waals surface area contributed by atoms with Gasteiger partial charge in [0.05, 0.1) is 0 Å². The van der Waals surface area contributed by atoms with E-state index in [1.165, 1.54) is 0 Å². The fraction of sp³-hybridized carbons (Fsp3) is 0.526. The molecule has 0 atom stereocenters. The van der Waals surface area contributed by atoms with Gasteiger partial charge in [0.2, 0.25) is 0 Å². The molecular formula is C19H29NO2. The lowest BCUT2D eigenvalue weighted by Crippen LogP contribution is -2.42. The summed E-state index contributed by atoms with van der Waals surface area (Å²) in [7, 11) is 0. The Morgan fingerprint density at radius 3 is 1.95 bits per heavy atom. The van der Waals surface area contributed by atoms with Crippen molar-refractivity contribution in [3.8, 4) is 0 Å². The summed E-state index contributed by atoms with van der Waals surface area (Å²) in [5.74, 6) is 0.615. The number of rotatable bonds is 4. The second-order valence-corrected chi connectivity index (χ2v) is 7.20. The van der Waals surface area contributed by atoms with Crippen LogP contribution >= 0.6 is 0 Å². The maximum atomic E-state index is 12.6. The molecule has 0 spiro atoms. The highest BCUT2D eigenvalue weighted by Gasteiger charge is 2.24. The molecule has 0 heterocycles. The number of ether oxygens (including phenoxy) is 1. The van der Waals surface area contributed by atoms with Crippen LogP contribution in [0.25, 0.3) is 5.76 Å². The number of allylic oxidation sites excluding steroid dienone is 1. The second-order valence-electron chi connectivity index (χ2n) is 7.20. The monoisotopic (exact) mass is 303 g/mol. The molecule has 1 amide bonds. The zero-order valence-electron chi connectivity index (χ0n) is 14.9. The Morgan fingerprint density at radius 1 is 1.05 bits per heavy atom. The SMILES string of the molecule is CC(C)N(C(=O)O/C(=C\C(C)(C)C)c1ccccc1)C(C)C. The topological polar surface area (TPSA) is 29.5 Å². The molecule has 0 bridgehead atoms. The van der Waals surface area contributed by atoms with E-state index < -0.39 is 0 Å². The number of carbonyl (C=O) groups is 1. The molecule has 0 aliphatic heterocycles. The Morgan fingerprint density at radius 2 is 1.55 bits per heavy atom. The third-order valence-electron chi connectivity index (χ3n) is 3.14. The predicted octanol–water partition coefficient (Wildman–Crippen LogP) is 5.33. The van der Waals surface area contributed by atoms with Crippen molar-refractivity contribution < 1.29 is 9.53 Å². The zero-order chi connectivity index (χ0) is 16.9. The largest absolute Gasteiger partial charge is 0.415 e. The summed E-state index contributed by atoms with van der Waals surface area (Å²) < 4.78 is 5.75. The van der Waals surface area contributed by atoms with Crippen LogP contribution in [-0.4, -0.2) is 23.1 Å². The van der Waals surface area contributed by atoms with E-state index >= 15 is 0 Å². The van der Waals surface area contributed by atoms with E-state index in [-0.39, 0.29) is 23.6 Å². The minimum atomic E-state index is -0.302. The van der Waals surface area contributed by atoms with E-state index in [1.807, 2.05) is 64.1 Å². The normalized spacial score (nSPS) is 12.7. The minimum absolute atomic E-state index is 0.0774. The summed E-state index contributed by atoms with van der Waals surface area (Å²) in [5.41, 5.74) is 0.838.